The minimum Gasteiger partial charge on any atom is -0.497 e. The van der Waals surface area contributed by atoms with Gasteiger partial charge in [-0.3, -0.25) is 0 Å². The number of ether oxygens (including phenoxy) is 1. The topological polar surface area (TPSA) is 82.1 Å². The summed E-state index contributed by atoms with van der Waals surface area (Å²) in [5.74, 6) is 0.576. The highest BCUT2D eigenvalue weighted by Gasteiger charge is 2.19. The van der Waals surface area contributed by atoms with Crippen molar-refractivity contribution in [1.82, 2.24) is 0 Å². The maximum absolute atomic E-state index is 12.6. The van der Waals surface area contributed by atoms with Crippen LogP contribution in [0.1, 0.15) is 5.56 Å². The molecule has 0 aliphatic heterocycles. The Hall–Kier alpha value is -1.58. The first-order valence-electron chi connectivity index (χ1n) is 6.13. The smallest absolute Gasteiger partial charge is 0.206 e. The van der Waals surface area contributed by atoms with Crippen LogP contribution >= 0.6 is 12.0 Å². The number of rotatable bonds is 6. The molecule has 0 radical (unpaired) electrons. The van der Waals surface area contributed by atoms with Crippen LogP contribution in [0.25, 0.3) is 0 Å². The normalized spacial score (nSPS) is 11.4. The van der Waals surface area contributed by atoms with Gasteiger partial charge >= 0.3 is 0 Å². The Morgan fingerprint density at radius 1 is 1.05 bits per heavy atom. The standard InChI is InChI=1S/C14H14O6S2/c1-10-3-6-13(9-14(10)21-20-19-15)22(16,17)12-7-4-11(18-2)5-8-12/h3-9,15H,1-2H3. The highest BCUT2D eigenvalue weighted by Crippen LogP contribution is 2.29. The molecule has 8 heteroatoms. The lowest BCUT2D eigenvalue weighted by molar-refractivity contribution is -0.432. The lowest BCUT2D eigenvalue weighted by Crippen LogP contribution is -2.02. The number of sulfone groups is 1. The average molecular weight is 342 g/mol. The van der Waals surface area contributed by atoms with E-state index in [4.69, 9.17) is 9.99 Å². The Morgan fingerprint density at radius 2 is 1.68 bits per heavy atom. The molecule has 0 saturated heterocycles. The predicted octanol–water partition coefficient (Wildman–Crippen LogP) is 3.26. The molecule has 2 aromatic rings. The molecule has 0 aliphatic rings. The van der Waals surface area contributed by atoms with Crippen molar-refractivity contribution in [3.05, 3.63) is 48.0 Å². The SMILES string of the molecule is COc1ccc(S(=O)(=O)c2ccc(C)c(SOOO)c2)cc1. The molecule has 0 heterocycles. The zero-order valence-electron chi connectivity index (χ0n) is 11.8. The van der Waals surface area contributed by atoms with Crippen molar-refractivity contribution in [2.24, 2.45) is 0 Å². The molecular formula is C14H14O6S2. The van der Waals surface area contributed by atoms with E-state index in [1.807, 2.05) is 0 Å². The Balaban J connectivity index is 2.39. The van der Waals surface area contributed by atoms with Crippen molar-refractivity contribution < 1.29 is 27.8 Å². The molecule has 0 atom stereocenters. The zero-order valence-corrected chi connectivity index (χ0v) is 13.5. The van der Waals surface area contributed by atoms with E-state index in [9.17, 15) is 8.42 Å². The summed E-state index contributed by atoms with van der Waals surface area (Å²) in [6.45, 7) is 1.78. The van der Waals surface area contributed by atoms with Crippen LogP contribution < -0.4 is 4.74 Å². The van der Waals surface area contributed by atoms with Crippen LogP contribution in [0, 0.1) is 6.92 Å². The molecule has 2 aromatic carbocycles. The van der Waals surface area contributed by atoms with Gasteiger partial charge in [-0.25, -0.2) is 13.7 Å². The van der Waals surface area contributed by atoms with Gasteiger partial charge in [0.2, 0.25) is 9.84 Å². The molecule has 0 aliphatic carbocycles. The predicted molar refractivity (Wildman–Crippen MR) is 80.3 cm³/mol. The average Bonchev–Trinajstić information content (AvgIpc) is 2.54. The number of hydrogen-bond acceptors (Lipinski definition) is 7. The van der Waals surface area contributed by atoms with Gasteiger partial charge in [-0.05, 0) is 48.9 Å². The largest absolute Gasteiger partial charge is 0.497 e. The van der Waals surface area contributed by atoms with Gasteiger partial charge in [0.15, 0.2) is 0 Å². The summed E-state index contributed by atoms with van der Waals surface area (Å²) >= 11 is 0.722. The van der Waals surface area contributed by atoms with E-state index in [1.165, 1.54) is 31.4 Å². The first-order chi connectivity index (χ1) is 10.5. The highest BCUT2D eigenvalue weighted by molar-refractivity contribution is 7.94. The Labute approximate surface area is 132 Å². The second kappa shape index (κ2) is 7.12. The number of benzene rings is 2. The van der Waals surface area contributed by atoms with Crippen LogP contribution in [0.15, 0.2) is 57.2 Å². The third-order valence-electron chi connectivity index (χ3n) is 2.99. The summed E-state index contributed by atoms with van der Waals surface area (Å²) < 4.78 is 34.6. The van der Waals surface area contributed by atoms with Crippen LogP contribution in [-0.2, 0) is 19.2 Å². The molecule has 0 unspecified atom stereocenters. The molecular weight excluding hydrogens is 328 g/mol. The first-order valence-corrected chi connectivity index (χ1v) is 8.36. The van der Waals surface area contributed by atoms with E-state index in [0.717, 1.165) is 17.6 Å². The van der Waals surface area contributed by atoms with Gasteiger partial charge in [-0.2, -0.15) is 0 Å². The van der Waals surface area contributed by atoms with E-state index in [2.05, 4.69) is 9.37 Å². The second-order valence-electron chi connectivity index (χ2n) is 4.33. The van der Waals surface area contributed by atoms with Crippen molar-refractivity contribution >= 4 is 21.9 Å². The van der Waals surface area contributed by atoms with Gasteiger partial charge in [0.1, 0.15) is 5.75 Å². The van der Waals surface area contributed by atoms with Crippen LogP contribution in [0.2, 0.25) is 0 Å². The lowest BCUT2D eigenvalue weighted by Gasteiger charge is -2.09. The van der Waals surface area contributed by atoms with Crippen molar-refractivity contribution in [2.45, 2.75) is 21.6 Å². The number of aryl methyl sites for hydroxylation is 1. The van der Waals surface area contributed by atoms with E-state index in [0.29, 0.717) is 10.6 Å². The summed E-state index contributed by atoms with van der Waals surface area (Å²) in [6.07, 6.45) is 0. The van der Waals surface area contributed by atoms with Crippen LogP contribution in [-0.4, -0.2) is 20.8 Å². The van der Waals surface area contributed by atoms with Gasteiger partial charge in [0, 0.05) is 4.90 Å². The van der Waals surface area contributed by atoms with Crippen molar-refractivity contribution in [3.63, 3.8) is 0 Å². The third-order valence-corrected chi connectivity index (χ3v) is 5.51. The number of hydrogen-bond donors (Lipinski definition) is 1. The maximum atomic E-state index is 12.6. The van der Waals surface area contributed by atoms with Gasteiger partial charge in [-0.1, -0.05) is 11.1 Å². The summed E-state index contributed by atoms with van der Waals surface area (Å²) in [6, 6.07) is 10.7. The van der Waals surface area contributed by atoms with Gasteiger partial charge in [0.25, 0.3) is 0 Å². The first kappa shape index (κ1) is 16.8. The molecule has 0 spiro atoms. The monoisotopic (exact) mass is 342 g/mol. The Morgan fingerprint density at radius 3 is 2.27 bits per heavy atom. The second-order valence-corrected chi connectivity index (χ2v) is 7.02. The molecule has 1 N–H and O–H groups in total. The fraction of sp³-hybridized carbons (Fsp3) is 0.143. The van der Waals surface area contributed by atoms with Gasteiger partial charge in [0.05, 0.1) is 28.9 Å². The van der Waals surface area contributed by atoms with Crippen LogP contribution in [0.4, 0.5) is 0 Å². The number of methoxy groups -OCH3 is 1. The van der Waals surface area contributed by atoms with Crippen LogP contribution in [0.3, 0.4) is 0 Å². The third kappa shape index (κ3) is 3.60. The molecule has 0 bridgehead atoms. The molecule has 0 saturated carbocycles. The fourth-order valence-corrected chi connectivity index (χ4v) is 3.62. The zero-order chi connectivity index (χ0) is 16.2. The van der Waals surface area contributed by atoms with E-state index in [1.54, 1.807) is 25.1 Å². The van der Waals surface area contributed by atoms with Crippen LogP contribution in [0.5, 0.6) is 5.75 Å². The minimum absolute atomic E-state index is 0.118. The van der Waals surface area contributed by atoms with Crippen molar-refractivity contribution in [3.8, 4) is 5.75 Å². The molecule has 2 rings (SSSR count). The van der Waals surface area contributed by atoms with E-state index in [-0.39, 0.29) is 9.79 Å². The van der Waals surface area contributed by atoms with E-state index < -0.39 is 9.84 Å². The lowest BCUT2D eigenvalue weighted by atomic mass is 10.2. The highest BCUT2D eigenvalue weighted by atomic mass is 32.2. The molecule has 118 valence electrons. The summed E-state index contributed by atoms with van der Waals surface area (Å²) in [7, 11) is -2.15. The van der Waals surface area contributed by atoms with Gasteiger partial charge in [-0.15, -0.1) is 4.33 Å². The molecule has 0 amide bonds. The summed E-state index contributed by atoms with van der Waals surface area (Å²) in [5.41, 5.74) is 0.788. The fourth-order valence-electron chi connectivity index (χ4n) is 1.78. The molecule has 0 aromatic heterocycles. The molecule has 22 heavy (non-hydrogen) atoms. The van der Waals surface area contributed by atoms with Gasteiger partial charge < -0.3 is 4.74 Å². The maximum Gasteiger partial charge on any atom is 0.206 e. The van der Waals surface area contributed by atoms with Crippen molar-refractivity contribution in [1.29, 1.82) is 0 Å². The quantitative estimate of drug-likeness (QED) is 0.490. The minimum atomic E-state index is -3.66. The summed E-state index contributed by atoms with van der Waals surface area (Å²) in [5, 5.41) is 11.7. The molecule has 6 nitrogen and oxygen atoms in total. The van der Waals surface area contributed by atoms with Crippen molar-refractivity contribution in [2.75, 3.05) is 7.11 Å². The van der Waals surface area contributed by atoms with E-state index >= 15 is 0 Å². The Bertz CT molecular complexity index is 740. The molecule has 0 fully saturated rings. The summed E-state index contributed by atoms with van der Waals surface area (Å²) in [4.78, 5) is 0.795. The Kier molecular flexibility index (Phi) is 5.43.